The number of rotatable bonds is 3. The second-order valence-electron chi connectivity index (χ2n) is 6.43. The van der Waals surface area contributed by atoms with Crippen LogP contribution in [-0.2, 0) is 0 Å². The van der Waals surface area contributed by atoms with Crippen molar-refractivity contribution in [1.29, 1.82) is 0 Å². The topological polar surface area (TPSA) is 67.2 Å². The fourth-order valence-electron chi connectivity index (χ4n) is 3.09. The van der Waals surface area contributed by atoms with Crippen molar-refractivity contribution >= 4 is 39.0 Å². The van der Waals surface area contributed by atoms with Crippen LogP contribution in [0.1, 0.15) is 21.1 Å². The maximum Gasteiger partial charge on any atom is 0.264 e. The molecule has 0 radical (unpaired) electrons. The number of hydrogen-bond acceptors (Lipinski definition) is 6. The van der Waals surface area contributed by atoms with Gasteiger partial charge in [0.25, 0.3) is 5.91 Å². The third-order valence-electron chi connectivity index (χ3n) is 4.81. The lowest BCUT2D eigenvalue weighted by Gasteiger charge is -2.35. The Hall–Kier alpha value is -2.26. The molecule has 3 aromatic rings. The summed E-state index contributed by atoms with van der Waals surface area (Å²) in [6.45, 7) is 6.86. The summed E-state index contributed by atoms with van der Waals surface area (Å²) in [5, 5.41) is 1.94. The van der Waals surface area contributed by atoms with Gasteiger partial charge in [-0.15, -0.1) is 11.3 Å². The van der Waals surface area contributed by atoms with Crippen LogP contribution >= 0.6 is 27.3 Å². The summed E-state index contributed by atoms with van der Waals surface area (Å²) in [5.74, 6) is 1.77. The van der Waals surface area contributed by atoms with Gasteiger partial charge in [0.1, 0.15) is 24.3 Å². The molecular formula is C18H19BrN6OS. The molecule has 1 aliphatic rings. The van der Waals surface area contributed by atoms with Crippen molar-refractivity contribution in [2.75, 3.05) is 31.1 Å². The minimum atomic E-state index is 0.0956. The highest BCUT2D eigenvalue weighted by atomic mass is 79.9. The van der Waals surface area contributed by atoms with E-state index in [1.54, 1.807) is 12.7 Å². The Balaban J connectivity index is 1.46. The van der Waals surface area contributed by atoms with Gasteiger partial charge in [-0.05, 0) is 35.8 Å². The van der Waals surface area contributed by atoms with E-state index in [-0.39, 0.29) is 5.91 Å². The summed E-state index contributed by atoms with van der Waals surface area (Å²) >= 11 is 4.88. The second-order valence-corrected chi connectivity index (χ2v) is 8.26. The maximum atomic E-state index is 12.6. The van der Waals surface area contributed by atoms with Gasteiger partial charge in [0.05, 0.1) is 10.6 Å². The van der Waals surface area contributed by atoms with Crippen molar-refractivity contribution in [1.82, 2.24) is 24.4 Å². The number of aryl methyl sites for hydroxylation is 1. The standard InChI is InChI=1S/C18H19BrN6OS/c1-12-13(2)25(11-22-12)17-8-16(20-10-21-17)23-3-5-24(6-4-23)18(26)15-7-14(19)9-27-15/h7-11H,3-6H2,1-2H3. The molecule has 27 heavy (non-hydrogen) atoms. The quantitative estimate of drug-likeness (QED) is 0.618. The van der Waals surface area contributed by atoms with E-state index >= 15 is 0 Å². The van der Waals surface area contributed by atoms with E-state index in [1.165, 1.54) is 11.3 Å². The summed E-state index contributed by atoms with van der Waals surface area (Å²) in [6, 6.07) is 3.85. The van der Waals surface area contributed by atoms with Crippen LogP contribution in [-0.4, -0.2) is 56.5 Å². The van der Waals surface area contributed by atoms with Gasteiger partial charge in [-0.1, -0.05) is 0 Å². The minimum absolute atomic E-state index is 0.0956. The van der Waals surface area contributed by atoms with Gasteiger partial charge >= 0.3 is 0 Å². The number of imidazole rings is 1. The maximum absolute atomic E-state index is 12.6. The molecule has 0 aliphatic carbocycles. The van der Waals surface area contributed by atoms with Gasteiger partial charge in [0, 0.05) is 47.8 Å². The summed E-state index contributed by atoms with van der Waals surface area (Å²) in [6.07, 6.45) is 3.37. The second kappa shape index (κ2) is 7.40. The third kappa shape index (κ3) is 3.61. The smallest absolute Gasteiger partial charge is 0.264 e. The monoisotopic (exact) mass is 446 g/mol. The Kier molecular flexibility index (Phi) is 4.96. The number of aromatic nitrogens is 4. The number of carbonyl (C=O) groups is 1. The Bertz CT molecular complexity index is 976. The van der Waals surface area contributed by atoms with Gasteiger partial charge < -0.3 is 9.80 Å². The van der Waals surface area contributed by atoms with Crippen LogP contribution in [0.25, 0.3) is 5.82 Å². The highest BCUT2D eigenvalue weighted by molar-refractivity contribution is 9.10. The number of amides is 1. The van der Waals surface area contributed by atoms with Crippen molar-refractivity contribution in [3.8, 4) is 5.82 Å². The van der Waals surface area contributed by atoms with Crippen LogP contribution in [0.15, 0.2) is 34.6 Å². The summed E-state index contributed by atoms with van der Waals surface area (Å²) < 4.78 is 2.92. The zero-order chi connectivity index (χ0) is 19.0. The first kappa shape index (κ1) is 18.1. The average Bonchev–Trinajstić information content (AvgIpc) is 3.27. The Labute approximate surface area is 169 Å². The fraction of sp³-hybridized carbons (Fsp3) is 0.333. The van der Waals surface area contributed by atoms with Crippen LogP contribution in [0, 0.1) is 13.8 Å². The van der Waals surface area contributed by atoms with E-state index in [0.717, 1.165) is 45.5 Å². The Morgan fingerprint density at radius 3 is 2.44 bits per heavy atom. The molecule has 1 fully saturated rings. The summed E-state index contributed by atoms with van der Waals surface area (Å²) in [7, 11) is 0. The Morgan fingerprint density at radius 1 is 1.07 bits per heavy atom. The number of thiophene rings is 1. The SMILES string of the molecule is Cc1ncn(-c2cc(N3CCN(C(=O)c4cc(Br)cs4)CC3)ncn2)c1C. The molecule has 1 amide bonds. The fourth-order valence-corrected chi connectivity index (χ4v) is 4.48. The first-order valence-electron chi connectivity index (χ1n) is 8.64. The van der Waals surface area contributed by atoms with Crippen LogP contribution in [0.3, 0.4) is 0 Å². The molecule has 4 rings (SSSR count). The molecule has 0 saturated carbocycles. The Morgan fingerprint density at radius 2 is 1.81 bits per heavy atom. The highest BCUT2D eigenvalue weighted by Crippen LogP contribution is 2.23. The highest BCUT2D eigenvalue weighted by Gasteiger charge is 2.24. The first-order valence-corrected chi connectivity index (χ1v) is 10.3. The number of anilines is 1. The van der Waals surface area contributed by atoms with Crippen molar-refractivity contribution in [2.24, 2.45) is 0 Å². The lowest BCUT2D eigenvalue weighted by Crippen LogP contribution is -2.48. The van der Waals surface area contributed by atoms with Crippen molar-refractivity contribution < 1.29 is 4.79 Å². The number of piperazine rings is 1. The number of nitrogens with zero attached hydrogens (tertiary/aromatic N) is 6. The molecule has 0 spiro atoms. The largest absolute Gasteiger partial charge is 0.353 e. The molecule has 9 heteroatoms. The van der Waals surface area contributed by atoms with E-state index < -0.39 is 0 Å². The zero-order valence-electron chi connectivity index (χ0n) is 15.1. The van der Waals surface area contributed by atoms with E-state index in [9.17, 15) is 4.79 Å². The first-order chi connectivity index (χ1) is 13.0. The number of carbonyl (C=O) groups excluding carboxylic acids is 1. The minimum Gasteiger partial charge on any atom is -0.353 e. The number of halogens is 1. The normalized spacial score (nSPS) is 14.6. The van der Waals surface area contributed by atoms with Crippen LogP contribution < -0.4 is 4.90 Å². The van der Waals surface area contributed by atoms with E-state index in [2.05, 4.69) is 35.8 Å². The van der Waals surface area contributed by atoms with Crippen LogP contribution in [0.5, 0.6) is 0 Å². The van der Waals surface area contributed by atoms with E-state index in [0.29, 0.717) is 13.1 Å². The summed E-state index contributed by atoms with van der Waals surface area (Å²) in [4.78, 5) is 30.6. The van der Waals surface area contributed by atoms with Gasteiger partial charge in [0.15, 0.2) is 0 Å². The van der Waals surface area contributed by atoms with E-state index in [1.807, 2.05) is 40.8 Å². The molecule has 0 atom stereocenters. The number of hydrogen-bond donors (Lipinski definition) is 0. The molecule has 1 aliphatic heterocycles. The van der Waals surface area contributed by atoms with Gasteiger partial charge in [0.2, 0.25) is 0 Å². The average molecular weight is 447 g/mol. The molecule has 0 N–H and O–H groups in total. The van der Waals surface area contributed by atoms with Crippen LogP contribution in [0.2, 0.25) is 0 Å². The molecule has 140 valence electrons. The van der Waals surface area contributed by atoms with Gasteiger partial charge in [-0.25, -0.2) is 15.0 Å². The van der Waals surface area contributed by atoms with Crippen molar-refractivity contribution in [2.45, 2.75) is 13.8 Å². The van der Waals surface area contributed by atoms with Gasteiger partial charge in [-0.2, -0.15) is 0 Å². The molecule has 0 aromatic carbocycles. The van der Waals surface area contributed by atoms with E-state index in [4.69, 9.17) is 0 Å². The lowest BCUT2D eigenvalue weighted by molar-refractivity contribution is 0.0751. The predicted molar refractivity (Wildman–Crippen MR) is 109 cm³/mol. The zero-order valence-corrected chi connectivity index (χ0v) is 17.5. The molecular weight excluding hydrogens is 428 g/mol. The van der Waals surface area contributed by atoms with Crippen molar-refractivity contribution in [3.05, 3.63) is 50.9 Å². The molecule has 7 nitrogen and oxygen atoms in total. The third-order valence-corrected chi connectivity index (χ3v) is 6.49. The van der Waals surface area contributed by atoms with Crippen molar-refractivity contribution in [3.63, 3.8) is 0 Å². The predicted octanol–water partition coefficient (Wildman–Crippen LogP) is 3.07. The van der Waals surface area contributed by atoms with Gasteiger partial charge in [-0.3, -0.25) is 9.36 Å². The molecule has 3 aromatic heterocycles. The summed E-state index contributed by atoms with van der Waals surface area (Å²) in [5.41, 5.74) is 2.06. The molecule has 4 heterocycles. The van der Waals surface area contributed by atoms with Crippen LogP contribution in [0.4, 0.5) is 5.82 Å². The lowest BCUT2D eigenvalue weighted by atomic mass is 10.3. The molecule has 0 unspecified atom stereocenters. The molecule has 1 saturated heterocycles. The molecule has 0 bridgehead atoms.